The van der Waals surface area contributed by atoms with Crippen molar-refractivity contribution in [2.75, 3.05) is 11.9 Å². The normalized spacial score (nSPS) is 11.5. The standard InChI is InChI=1S/C13H10ClF4N3/c1-2-19-11-6-10(20-12(21-11)13(16,17)18)8-4-3-7(15)5-9(8)14/h3-6H,2H2,1H3,(H,19,20,21). The maximum Gasteiger partial charge on any atom is 0.451 e. The number of aromatic nitrogens is 2. The lowest BCUT2D eigenvalue weighted by Crippen LogP contribution is -2.14. The molecule has 0 spiro atoms. The van der Waals surface area contributed by atoms with Crippen LogP contribution in [0.1, 0.15) is 12.7 Å². The minimum absolute atomic E-state index is 0.0233. The van der Waals surface area contributed by atoms with Gasteiger partial charge in [-0.1, -0.05) is 11.6 Å². The molecule has 2 aromatic rings. The first-order valence-corrected chi connectivity index (χ1v) is 6.34. The Morgan fingerprint density at radius 3 is 2.48 bits per heavy atom. The highest BCUT2D eigenvalue weighted by atomic mass is 35.5. The molecule has 0 saturated carbocycles. The summed E-state index contributed by atoms with van der Waals surface area (Å²) in [5, 5.41) is 2.67. The van der Waals surface area contributed by atoms with Gasteiger partial charge in [-0.2, -0.15) is 13.2 Å². The maximum absolute atomic E-state index is 13.0. The van der Waals surface area contributed by atoms with Gasteiger partial charge >= 0.3 is 6.18 Å². The quantitative estimate of drug-likeness (QED) is 0.853. The molecule has 0 saturated heterocycles. The summed E-state index contributed by atoms with van der Waals surface area (Å²) < 4.78 is 51.5. The van der Waals surface area contributed by atoms with Gasteiger partial charge in [0.15, 0.2) is 0 Å². The Morgan fingerprint density at radius 1 is 1.19 bits per heavy atom. The van der Waals surface area contributed by atoms with Crippen LogP contribution in [0.4, 0.5) is 23.4 Å². The number of anilines is 1. The van der Waals surface area contributed by atoms with Crippen LogP contribution in [0.3, 0.4) is 0 Å². The van der Waals surface area contributed by atoms with Crippen LogP contribution in [0.5, 0.6) is 0 Å². The molecule has 1 N–H and O–H groups in total. The van der Waals surface area contributed by atoms with Gasteiger partial charge in [-0.15, -0.1) is 0 Å². The summed E-state index contributed by atoms with van der Waals surface area (Å²) in [6.45, 7) is 2.12. The van der Waals surface area contributed by atoms with E-state index in [0.29, 0.717) is 6.54 Å². The van der Waals surface area contributed by atoms with Crippen molar-refractivity contribution < 1.29 is 17.6 Å². The summed E-state index contributed by atoms with van der Waals surface area (Å²) in [6, 6.07) is 4.72. The summed E-state index contributed by atoms with van der Waals surface area (Å²) in [6.07, 6.45) is -4.69. The van der Waals surface area contributed by atoms with E-state index in [-0.39, 0.29) is 22.1 Å². The van der Waals surface area contributed by atoms with E-state index in [0.717, 1.165) is 12.1 Å². The van der Waals surface area contributed by atoms with Gasteiger partial charge in [0.1, 0.15) is 11.6 Å². The summed E-state index contributed by atoms with van der Waals surface area (Å²) in [7, 11) is 0. The molecule has 21 heavy (non-hydrogen) atoms. The van der Waals surface area contributed by atoms with Gasteiger partial charge < -0.3 is 5.32 Å². The fourth-order valence-electron chi connectivity index (χ4n) is 1.68. The van der Waals surface area contributed by atoms with Crippen LogP contribution in [0.25, 0.3) is 11.3 Å². The first kappa shape index (κ1) is 15.5. The Labute approximate surface area is 123 Å². The van der Waals surface area contributed by atoms with E-state index in [9.17, 15) is 17.6 Å². The van der Waals surface area contributed by atoms with E-state index in [4.69, 9.17) is 11.6 Å². The smallest absolute Gasteiger partial charge is 0.370 e. The van der Waals surface area contributed by atoms with Crippen molar-refractivity contribution in [1.82, 2.24) is 9.97 Å². The predicted octanol–water partition coefficient (Wildman–Crippen LogP) is 4.39. The number of benzene rings is 1. The second-order valence-electron chi connectivity index (χ2n) is 4.11. The minimum Gasteiger partial charge on any atom is -0.370 e. The monoisotopic (exact) mass is 319 g/mol. The van der Waals surface area contributed by atoms with E-state index < -0.39 is 17.8 Å². The van der Waals surface area contributed by atoms with Crippen LogP contribution in [0.2, 0.25) is 5.02 Å². The lowest BCUT2D eigenvalue weighted by molar-refractivity contribution is -0.144. The van der Waals surface area contributed by atoms with E-state index in [1.54, 1.807) is 6.92 Å². The molecule has 1 aromatic heterocycles. The third kappa shape index (κ3) is 3.60. The van der Waals surface area contributed by atoms with Crippen LogP contribution in [-0.2, 0) is 6.18 Å². The molecule has 0 atom stereocenters. The third-order valence-electron chi connectivity index (χ3n) is 2.54. The van der Waals surface area contributed by atoms with Gasteiger partial charge in [0.2, 0.25) is 5.82 Å². The molecule has 1 aromatic carbocycles. The minimum atomic E-state index is -4.69. The number of alkyl halides is 3. The summed E-state index contributed by atoms with van der Waals surface area (Å²) in [4.78, 5) is 6.87. The molecule has 3 nitrogen and oxygen atoms in total. The molecule has 1 heterocycles. The number of halogens is 5. The molecule has 0 bridgehead atoms. The fraction of sp³-hybridized carbons (Fsp3) is 0.231. The zero-order valence-electron chi connectivity index (χ0n) is 10.8. The van der Waals surface area contributed by atoms with Gasteiger partial charge in [-0.25, -0.2) is 14.4 Å². The number of hydrogen-bond donors (Lipinski definition) is 1. The SMILES string of the molecule is CCNc1cc(-c2ccc(F)cc2Cl)nc(C(F)(F)F)n1. The zero-order valence-corrected chi connectivity index (χ0v) is 11.6. The number of hydrogen-bond acceptors (Lipinski definition) is 3. The molecule has 0 aliphatic carbocycles. The molecule has 0 fully saturated rings. The molecule has 0 unspecified atom stereocenters. The van der Waals surface area contributed by atoms with Crippen LogP contribution >= 0.6 is 11.6 Å². The van der Waals surface area contributed by atoms with Gasteiger partial charge in [0.05, 0.1) is 10.7 Å². The molecular formula is C13H10ClF4N3. The predicted molar refractivity (Wildman–Crippen MR) is 71.6 cm³/mol. The molecule has 0 amide bonds. The van der Waals surface area contributed by atoms with Crippen LogP contribution in [-0.4, -0.2) is 16.5 Å². The topological polar surface area (TPSA) is 37.8 Å². The van der Waals surface area contributed by atoms with Crippen molar-refractivity contribution in [2.45, 2.75) is 13.1 Å². The highest BCUT2D eigenvalue weighted by Crippen LogP contribution is 2.32. The molecule has 0 aliphatic rings. The summed E-state index contributed by atoms with van der Waals surface area (Å²) >= 11 is 5.86. The largest absolute Gasteiger partial charge is 0.451 e. The second kappa shape index (κ2) is 5.85. The van der Waals surface area contributed by atoms with Crippen molar-refractivity contribution in [3.05, 3.63) is 40.9 Å². The van der Waals surface area contributed by atoms with Crippen LogP contribution in [0, 0.1) is 5.82 Å². The van der Waals surface area contributed by atoms with Gasteiger partial charge in [0.25, 0.3) is 0 Å². The third-order valence-corrected chi connectivity index (χ3v) is 2.86. The van der Waals surface area contributed by atoms with Crippen molar-refractivity contribution in [3.63, 3.8) is 0 Å². The maximum atomic E-state index is 13.0. The molecular weight excluding hydrogens is 310 g/mol. The first-order valence-electron chi connectivity index (χ1n) is 5.97. The van der Waals surface area contributed by atoms with Crippen molar-refractivity contribution >= 4 is 17.4 Å². The summed E-state index contributed by atoms with van der Waals surface area (Å²) in [5.41, 5.74) is 0.170. The molecule has 8 heteroatoms. The van der Waals surface area contributed by atoms with Gasteiger partial charge in [0, 0.05) is 18.2 Å². The number of nitrogens with zero attached hydrogens (tertiary/aromatic N) is 2. The molecule has 0 aliphatic heterocycles. The number of rotatable bonds is 3. The van der Waals surface area contributed by atoms with Crippen LogP contribution < -0.4 is 5.32 Å². The summed E-state index contributed by atoms with van der Waals surface area (Å²) in [5.74, 6) is -1.84. The second-order valence-corrected chi connectivity index (χ2v) is 4.52. The molecule has 0 radical (unpaired) electrons. The zero-order chi connectivity index (χ0) is 15.6. The van der Waals surface area contributed by atoms with Crippen molar-refractivity contribution in [1.29, 1.82) is 0 Å². The molecule has 112 valence electrons. The fourth-order valence-corrected chi connectivity index (χ4v) is 1.94. The Balaban J connectivity index is 2.59. The Kier molecular flexibility index (Phi) is 4.32. The average molecular weight is 320 g/mol. The highest BCUT2D eigenvalue weighted by Gasteiger charge is 2.35. The average Bonchev–Trinajstić information content (AvgIpc) is 2.37. The van der Waals surface area contributed by atoms with Crippen LogP contribution in [0.15, 0.2) is 24.3 Å². The van der Waals surface area contributed by atoms with Crippen molar-refractivity contribution in [3.8, 4) is 11.3 Å². The van der Waals surface area contributed by atoms with E-state index in [2.05, 4.69) is 15.3 Å². The van der Waals surface area contributed by atoms with E-state index in [1.807, 2.05) is 0 Å². The number of nitrogens with one attached hydrogen (secondary N) is 1. The highest BCUT2D eigenvalue weighted by molar-refractivity contribution is 6.33. The lowest BCUT2D eigenvalue weighted by atomic mass is 10.1. The van der Waals surface area contributed by atoms with Crippen molar-refractivity contribution in [2.24, 2.45) is 0 Å². The first-order chi connectivity index (χ1) is 9.81. The Bertz CT molecular complexity index is 658. The molecule has 2 rings (SSSR count). The van der Waals surface area contributed by atoms with E-state index in [1.165, 1.54) is 12.1 Å². The van der Waals surface area contributed by atoms with E-state index >= 15 is 0 Å². The van der Waals surface area contributed by atoms with Gasteiger partial charge in [-0.3, -0.25) is 0 Å². The van der Waals surface area contributed by atoms with Gasteiger partial charge in [-0.05, 0) is 25.1 Å². The Hall–Kier alpha value is -1.89. The lowest BCUT2D eigenvalue weighted by Gasteiger charge is -2.11. The Morgan fingerprint density at radius 2 is 1.90 bits per heavy atom.